The molecule has 2 N–H and O–H groups in total. The van der Waals surface area contributed by atoms with Crippen LogP contribution in [-0.2, 0) is 6.42 Å². The second-order valence-corrected chi connectivity index (χ2v) is 3.56. The lowest BCUT2D eigenvalue weighted by Crippen LogP contribution is -1.99. The van der Waals surface area contributed by atoms with Gasteiger partial charge in [0.1, 0.15) is 5.75 Å². The van der Waals surface area contributed by atoms with Crippen LogP contribution in [0, 0.1) is 0 Å². The highest BCUT2D eigenvalue weighted by molar-refractivity contribution is 5.65. The van der Waals surface area contributed by atoms with Crippen molar-refractivity contribution in [3.63, 3.8) is 0 Å². The highest BCUT2D eigenvalue weighted by atomic mass is 16.5. The van der Waals surface area contributed by atoms with Crippen LogP contribution < -0.4 is 10.5 Å². The molecule has 14 heavy (non-hydrogen) atoms. The maximum atomic E-state index is 5.49. The molecule has 2 nitrogen and oxygen atoms in total. The Morgan fingerprint density at radius 1 is 1.50 bits per heavy atom. The number of nitrogens with two attached hydrogens (primary N) is 1. The van der Waals surface area contributed by atoms with Crippen LogP contribution in [0.15, 0.2) is 24.8 Å². The molecule has 1 aromatic rings. The van der Waals surface area contributed by atoms with Crippen LogP contribution in [0.3, 0.4) is 0 Å². The second-order valence-electron chi connectivity index (χ2n) is 3.56. The molecule has 1 heterocycles. The van der Waals surface area contributed by atoms with Crippen LogP contribution in [-0.4, -0.2) is 13.2 Å². The first-order valence-electron chi connectivity index (χ1n) is 4.95. The molecule has 1 aromatic carbocycles. The van der Waals surface area contributed by atoms with E-state index in [0.717, 1.165) is 30.8 Å². The summed E-state index contributed by atoms with van der Waals surface area (Å²) in [4.78, 5) is 0. The number of benzene rings is 1. The molecular formula is C12H15NO. The summed E-state index contributed by atoms with van der Waals surface area (Å²) in [6.45, 7) is 5.49. The van der Waals surface area contributed by atoms with Crippen molar-refractivity contribution in [3.8, 4) is 5.75 Å². The molecule has 0 fully saturated rings. The van der Waals surface area contributed by atoms with E-state index in [-0.39, 0.29) is 0 Å². The Labute approximate surface area is 84.4 Å². The van der Waals surface area contributed by atoms with E-state index >= 15 is 0 Å². The predicted octanol–water partition coefficient (Wildman–Crippen LogP) is 1.98. The van der Waals surface area contributed by atoms with Gasteiger partial charge in [-0.3, -0.25) is 0 Å². The highest BCUT2D eigenvalue weighted by Gasteiger charge is 2.12. The minimum Gasteiger partial charge on any atom is -0.493 e. The van der Waals surface area contributed by atoms with Crippen LogP contribution in [0.4, 0.5) is 0 Å². The summed E-state index contributed by atoms with van der Waals surface area (Å²) in [7, 11) is 0. The van der Waals surface area contributed by atoms with Gasteiger partial charge in [0.15, 0.2) is 0 Å². The Bertz CT molecular complexity index is 357. The average molecular weight is 189 g/mol. The van der Waals surface area contributed by atoms with Crippen molar-refractivity contribution in [3.05, 3.63) is 35.9 Å². The van der Waals surface area contributed by atoms with Crippen molar-refractivity contribution in [1.82, 2.24) is 0 Å². The van der Waals surface area contributed by atoms with E-state index in [4.69, 9.17) is 10.5 Å². The van der Waals surface area contributed by atoms with E-state index in [1.807, 2.05) is 6.07 Å². The Kier molecular flexibility index (Phi) is 2.55. The number of fused-ring (bicyclic) bond motifs is 1. The van der Waals surface area contributed by atoms with Gasteiger partial charge in [0, 0.05) is 6.42 Å². The Hall–Kier alpha value is -1.28. The maximum absolute atomic E-state index is 5.49. The van der Waals surface area contributed by atoms with Crippen molar-refractivity contribution >= 4 is 5.57 Å². The number of hydrogen-bond donors (Lipinski definition) is 1. The summed E-state index contributed by atoms with van der Waals surface area (Å²) in [6.07, 6.45) is 1.87. The summed E-state index contributed by atoms with van der Waals surface area (Å²) in [5.41, 5.74) is 9.09. The normalized spacial score (nSPS) is 13.5. The van der Waals surface area contributed by atoms with Crippen molar-refractivity contribution in [2.24, 2.45) is 5.73 Å². The van der Waals surface area contributed by atoms with Crippen molar-refractivity contribution in [2.75, 3.05) is 13.2 Å². The van der Waals surface area contributed by atoms with Gasteiger partial charge in [-0.25, -0.2) is 0 Å². The first-order chi connectivity index (χ1) is 6.81. The minimum atomic E-state index is 0.659. The molecule has 0 unspecified atom stereocenters. The fourth-order valence-corrected chi connectivity index (χ4v) is 1.73. The molecule has 0 saturated carbocycles. The van der Waals surface area contributed by atoms with E-state index in [1.54, 1.807) is 0 Å². The van der Waals surface area contributed by atoms with Gasteiger partial charge in [-0.15, -0.1) is 0 Å². The third kappa shape index (κ3) is 1.66. The van der Waals surface area contributed by atoms with Gasteiger partial charge >= 0.3 is 0 Å². The van der Waals surface area contributed by atoms with Gasteiger partial charge < -0.3 is 10.5 Å². The van der Waals surface area contributed by atoms with E-state index in [9.17, 15) is 0 Å². The van der Waals surface area contributed by atoms with Gasteiger partial charge in [-0.2, -0.15) is 0 Å². The summed E-state index contributed by atoms with van der Waals surface area (Å²) >= 11 is 0. The molecule has 0 saturated heterocycles. The summed E-state index contributed by atoms with van der Waals surface area (Å²) < 4.78 is 5.44. The zero-order valence-corrected chi connectivity index (χ0v) is 8.25. The molecule has 0 aliphatic carbocycles. The summed E-state index contributed by atoms with van der Waals surface area (Å²) in [5, 5.41) is 0. The Morgan fingerprint density at radius 3 is 3.14 bits per heavy atom. The largest absolute Gasteiger partial charge is 0.493 e. The molecule has 0 aromatic heterocycles. The van der Waals surface area contributed by atoms with Gasteiger partial charge in [0.05, 0.1) is 6.61 Å². The first-order valence-corrected chi connectivity index (χ1v) is 4.95. The zero-order chi connectivity index (χ0) is 9.97. The molecule has 0 spiro atoms. The van der Waals surface area contributed by atoms with Crippen LogP contribution >= 0.6 is 0 Å². The van der Waals surface area contributed by atoms with Crippen LogP contribution in [0.1, 0.15) is 17.5 Å². The third-order valence-corrected chi connectivity index (χ3v) is 2.54. The Morgan fingerprint density at radius 2 is 2.36 bits per heavy atom. The molecule has 0 radical (unpaired) electrons. The fourth-order valence-electron chi connectivity index (χ4n) is 1.73. The molecule has 2 rings (SSSR count). The minimum absolute atomic E-state index is 0.659. The van der Waals surface area contributed by atoms with Gasteiger partial charge in [-0.05, 0) is 41.8 Å². The summed E-state index contributed by atoms with van der Waals surface area (Å²) in [5.74, 6) is 1.02. The third-order valence-electron chi connectivity index (χ3n) is 2.54. The monoisotopic (exact) mass is 189 g/mol. The Balaban J connectivity index is 2.24. The van der Waals surface area contributed by atoms with Gasteiger partial charge in [0.2, 0.25) is 0 Å². The highest BCUT2D eigenvalue weighted by Crippen LogP contribution is 2.28. The standard InChI is InChI=1S/C12H15NO/c1-9(4-6-13)10-2-3-12-11(8-10)5-7-14-12/h2-3,8H,1,4-7,13H2. The number of ether oxygens (including phenoxy) is 1. The molecule has 0 atom stereocenters. The predicted molar refractivity (Wildman–Crippen MR) is 58.3 cm³/mol. The SMILES string of the molecule is C=C(CCN)c1ccc2c(c1)CCO2. The topological polar surface area (TPSA) is 35.2 Å². The quantitative estimate of drug-likeness (QED) is 0.789. The average Bonchev–Trinajstić information content (AvgIpc) is 2.64. The van der Waals surface area contributed by atoms with Crippen LogP contribution in [0.25, 0.3) is 5.57 Å². The van der Waals surface area contributed by atoms with Crippen molar-refractivity contribution < 1.29 is 4.74 Å². The van der Waals surface area contributed by atoms with Crippen molar-refractivity contribution in [2.45, 2.75) is 12.8 Å². The zero-order valence-electron chi connectivity index (χ0n) is 8.25. The van der Waals surface area contributed by atoms with Crippen molar-refractivity contribution in [1.29, 1.82) is 0 Å². The van der Waals surface area contributed by atoms with Crippen LogP contribution in [0.2, 0.25) is 0 Å². The number of hydrogen-bond acceptors (Lipinski definition) is 2. The lowest BCUT2D eigenvalue weighted by atomic mass is 10.0. The smallest absolute Gasteiger partial charge is 0.122 e. The molecule has 1 aliphatic heterocycles. The van der Waals surface area contributed by atoms with E-state index in [1.165, 1.54) is 11.1 Å². The molecule has 0 amide bonds. The van der Waals surface area contributed by atoms with Crippen LogP contribution in [0.5, 0.6) is 5.75 Å². The van der Waals surface area contributed by atoms with Gasteiger partial charge in [0.25, 0.3) is 0 Å². The second kappa shape index (κ2) is 3.84. The van der Waals surface area contributed by atoms with E-state index in [0.29, 0.717) is 6.54 Å². The number of rotatable bonds is 3. The lowest BCUT2D eigenvalue weighted by molar-refractivity contribution is 0.357. The lowest BCUT2D eigenvalue weighted by Gasteiger charge is -2.06. The first kappa shape index (κ1) is 9.28. The summed E-state index contributed by atoms with van der Waals surface area (Å²) in [6, 6.07) is 6.25. The molecular weight excluding hydrogens is 174 g/mol. The van der Waals surface area contributed by atoms with Gasteiger partial charge in [-0.1, -0.05) is 12.6 Å². The van der Waals surface area contributed by atoms with E-state index in [2.05, 4.69) is 18.7 Å². The molecule has 74 valence electrons. The molecule has 1 aliphatic rings. The molecule has 2 heteroatoms. The molecule has 0 bridgehead atoms. The maximum Gasteiger partial charge on any atom is 0.122 e. The fraction of sp³-hybridized carbons (Fsp3) is 0.333. The van der Waals surface area contributed by atoms with E-state index < -0.39 is 0 Å².